The van der Waals surface area contributed by atoms with E-state index in [0.717, 1.165) is 5.37 Å². The first-order valence-electron chi connectivity index (χ1n) is 3.74. The van der Waals surface area contributed by atoms with Crippen LogP contribution in [0.4, 0.5) is 0 Å². The van der Waals surface area contributed by atoms with Crippen LogP contribution < -0.4 is 0 Å². The van der Waals surface area contributed by atoms with E-state index in [9.17, 15) is 0 Å². The van der Waals surface area contributed by atoms with Crippen molar-refractivity contribution >= 4 is 11.8 Å². The van der Waals surface area contributed by atoms with Crippen LogP contribution in [-0.4, -0.2) is 29.1 Å². The number of hydrogen-bond acceptors (Lipinski definition) is 2. The fourth-order valence-electron chi connectivity index (χ4n) is 1.29. The largest absolute Gasteiger partial charge is 0.291 e. The van der Waals surface area contributed by atoms with Gasteiger partial charge in [-0.2, -0.15) is 0 Å². The third kappa shape index (κ3) is 1.62. The van der Waals surface area contributed by atoms with Crippen molar-refractivity contribution in [2.75, 3.05) is 18.8 Å². The Kier molecular flexibility index (Phi) is 2.86. The summed E-state index contributed by atoms with van der Waals surface area (Å²) in [6.07, 6.45) is 1.30. The maximum absolute atomic E-state index is 2.55. The molecular weight excluding hydrogens is 130 g/mol. The third-order valence-corrected chi connectivity index (χ3v) is 3.29. The summed E-state index contributed by atoms with van der Waals surface area (Å²) in [7, 11) is 0. The van der Waals surface area contributed by atoms with E-state index in [2.05, 4.69) is 30.5 Å². The van der Waals surface area contributed by atoms with E-state index in [1.165, 1.54) is 25.3 Å². The summed E-state index contributed by atoms with van der Waals surface area (Å²) < 4.78 is 0. The van der Waals surface area contributed by atoms with Crippen molar-refractivity contribution in [3.05, 3.63) is 0 Å². The second kappa shape index (κ2) is 3.47. The van der Waals surface area contributed by atoms with E-state index < -0.39 is 0 Å². The predicted molar refractivity (Wildman–Crippen MR) is 43.8 cm³/mol. The summed E-state index contributed by atoms with van der Waals surface area (Å²) in [5.41, 5.74) is 0. The molecular formula is C7H15NS. The molecule has 1 atom stereocenters. The summed E-state index contributed by atoms with van der Waals surface area (Å²) >= 11 is 2.10. The zero-order chi connectivity index (χ0) is 6.69. The van der Waals surface area contributed by atoms with Crippen LogP contribution in [-0.2, 0) is 0 Å². The lowest BCUT2D eigenvalue weighted by molar-refractivity contribution is 0.298. The zero-order valence-corrected chi connectivity index (χ0v) is 7.08. The van der Waals surface area contributed by atoms with Gasteiger partial charge in [0.2, 0.25) is 0 Å². The van der Waals surface area contributed by atoms with Gasteiger partial charge in [0.15, 0.2) is 0 Å². The van der Waals surface area contributed by atoms with E-state index in [-0.39, 0.29) is 0 Å². The fourth-order valence-corrected chi connectivity index (χ4v) is 2.61. The van der Waals surface area contributed by atoms with Gasteiger partial charge >= 0.3 is 0 Å². The van der Waals surface area contributed by atoms with Gasteiger partial charge in [-0.15, -0.1) is 11.8 Å². The van der Waals surface area contributed by atoms with Crippen LogP contribution in [0.5, 0.6) is 0 Å². The minimum absolute atomic E-state index is 0.829. The van der Waals surface area contributed by atoms with Gasteiger partial charge in [-0.05, 0) is 13.0 Å². The molecule has 2 heteroatoms. The first kappa shape index (κ1) is 7.42. The van der Waals surface area contributed by atoms with Crippen LogP contribution >= 0.6 is 11.8 Å². The average Bonchev–Trinajstić information content (AvgIpc) is 2.33. The number of thioether (sulfide) groups is 1. The topological polar surface area (TPSA) is 3.24 Å². The van der Waals surface area contributed by atoms with E-state index >= 15 is 0 Å². The lowest BCUT2D eigenvalue weighted by Gasteiger charge is -2.19. The Morgan fingerprint density at radius 3 is 2.78 bits per heavy atom. The van der Waals surface area contributed by atoms with Gasteiger partial charge in [-0.1, -0.05) is 13.8 Å². The summed E-state index contributed by atoms with van der Waals surface area (Å²) in [6, 6.07) is 0. The molecule has 0 amide bonds. The molecule has 1 rings (SSSR count). The maximum atomic E-state index is 2.55. The quantitative estimate of drug-likeness (QED) is 0.583. The Bertz CT molecular complexity index is 75.0. The smallest absolute Gasteiger partial charge is 0.0555 e. The van der Waals surface area contributed by atoms with Crippen molar-refractivity contribution in [2.24, 2.45) is 0 Å². The van der Waals surface area contributed by atoms with Crippen LogP contribution in [0.3, 0.4) is 0 Å². The summed E-state index contributed by atoms with van der Waals surface area (Å²) in [6.45, 7) is 7.05. The molecule has 1 heterocycles. The third-order valence-electron chi connectivity index (χ3n) is 1.85. The Morgan fingerprint density at radius 1 is 1.56 bits per heavy atom. The van der Waals surface area contributed by atoms with Crippen LogP contribution in [0.1, 0.15) is 20.3 Å². The second-order valence-corrected chi connectivity index (χ2v) is 3.65. The molecule has 0 bridgehead atoms. The maximum Gasteiger partial charge on any atom is 0.0555 e. The summed E-state index contributed by atoms with van der Waals surface area (Å²) in [4.78, 5) is 2.55. The van der Waals surface area contributed by atoms with Gasteiger partial charge in [0.1, 0.15) is 0 Å². The van der Waals surface area contributed by atoms with E-state index in [4.69, 9.17) is 0 Å². The van der Waals surface area contributed by atoms with Crippen LogP contribution in [0.15, 0.2) is 0 Å². The molecule has 0 aromatic carbocycles. The number of hydrogen-bond donors (Lipinski definition) is 0. The monoisotopic (exact) mass is 145 g/mol. The molecule has 0 aromatic rings. The normalized spacial score (nSPS) is 29.3. The molecule has 1 aliphatic heterocycles. The molecule has 1 unspecified atom stereocenters. The van der Waals surface area contributed by atoms with E-state index in [1.54, 1.807) is 0 Å². The fraction of sp³-hybridized carbons (Fsp3) is 1.00. The highest BCUT2D eigenvalue weighted by Crippen LogP contribution is 2.24. The van der Waals surface area contributed by atoms with Gasteiger partial charge < -0.3 is 0 Å². The van der Waals surface area contributed by atoms with Crippen LogP contribution in [0, 0.1) is 0 Å². The van der Waals surface area contributed by atoms with Crippen molar-refractivity contribution in [3.8, 4) is 0 Å². The Balaban J connectivity index is 2.32. The highest BCUT2D eigenvalue weighted by atomic mass is 32.2. The molecule has 0 spiro atoms. The molecule has 0 N–H and O–H groups in total. The molecule has 0 aliphatic carbocycles. The molecule has 54 valence electrons. The van der Waals surface area contributed by atoms with Crippen molar-refractivity contribution in [1.82, 2.24) is 4.90 Å². The first-order chi connectivity index (χ1) is 4.38. The molecule has 9 heavy (non-hydrogen) atoms. The van der Waals surface area contributed by atoms with Crippen molar-refractivity contribution in [3.63, 3.8) is 0 Å². The standard InChI is InChI=1S/C7H15NS/c1-3-7-8(4-2)5-6-9-7/h7H,3-6H2,1-2H3. The Morgan fingerprint density at radius 2 is 2.33 bits per heavy atom. The highest BCUT2D eigenvalue weighted by Gasteiger charge is 2.20. The SMILES string of the molecule is CCC1SCCN1CC. The van der Waals surface area contributed by atoms with Crippen molar-refractivity contribution in [2.45, 2.75) is 25.6 Å². The predicted octanol–water partition coefficient (Wildman–Crippen LogP) is 1.79. The lowest BCUT2D eigenvalue weighted by Crippen LogP contribution is -2.27. The van der Waals surface area contributed by atoms with Crippen LogP contribution in [0.2, 0.25) is 0 Å². The van der Waals surface area contributed by atoms with Gasteiger partial charge in [0, 0.05) is 12.3 Å². The zero-order valence-electron chi connectivity index (χ0n) is 6.26. The van der Waals surface area contributed by atoms with E-state index in [0.29, 0.717) is 0 Å². The minimum Gasteiger partial charge on any atom is -0.291 e. The molecule has 1 saturated heterocycles. The van der Waals surface area contributed by atoms with Crippen LogP contribution in [0.25, 0.3) is 0 Å². The average molecular weight is 145 g/mol. The van der Waals surface area contributed by atoms with Gasteiger partial charge in [-0.3, -0.25) is 4.90 Å². The summed E-state index contributed by atoms with van der Waals surface area (Å²) in [5, 5.41) is 0.829. The van der Waals surface area contributed by atoms with Crippen molar-refractivity contribution in [1.29, 1.82) is 0 Å². The van der Waals surface area contributed by atoms with Gasteiger partial charge in [-0.25, -0.2) is 0 Å². The summed E-state index contributed by atoms with van der Waals surface area (Å²) in [5.74, 6) is 1.34. The highest BCUT2D eigenvalue weighted by molar-refractivity contribution is 8.00. The molecule has 0 radical (unpaired) electrons. The molecule has 1 fully saturated rings. The lowest BCUT2D eigenvalue weighted by atomic mass is 10.4. The Labute approximate surface area is 61.8 Å². The Hall–Kier alpha value is 0.310. The van der Waals surface area contributed by atoms with Gasteiger partial charge in [0.05, 0.1) is 5.37 Å². The minimum atomic E-state index is 0.829. The van der Waals surface area contributed by atoms with E-state index in [1.807, 2.05) is 0 Å². The molecule has 1 aliphatic rings. The van der Waals surface area contributed by atoms with Gasteiger partial charge in [0.25, 0.3) is 0 Å². The second-order valence-electron chi connectivity index (χ2n) is 2.36. The molecule has 0 aromatic heterocycles. The number of rotatable bonds is 2. The first-order valence-corrected chi connectivity index (χ1v) is 4.79. The number of nitrogens with zero attached hydrogens (tertiary/aromatic N) is 1. The molecule has 0 saturated carbocycles. The molecule has 1 nitrogen and oxygen atoms in total. The van der Waals surface area contributed by atoms with Crippen molar-refractivity contribution < 1.29 is 0 Å².